The van der Waals surface area contributed by atoms with Crippen molar-refractivity contribution >= 4 is 6.09 Å². The predicted octanol–water partition coefficient (Wildman–Crippen LogP) is 0.809. The first-order chi connectivity index (χ1) is 6.95. The fraction of sp³-hybridized carbons (Fsp3) is 0.909. The summed E-state index contributed by atoms with van der Waals surface area (Å²) >= 11 is 0. The fourth-order valence-corrected chi connectivity index (χ4v) is 3.17. The van der Waals surface area contributed by atoms with Crippen molar-refractivity contribution in [2.45, 2.75) is 38.5 Å². The molecule has 0 spiro atoms. The Balaban J connectivity index is 1.70. The Labute approximate surface area is 89.7 Å². The van der Waals surface area contributed by atoms with Gasteiger partial charge in [0.25, 0.3) is 0 Å². The number of hydrogen-bond donors (Lipinski definition) is 1. The molecule has 2 aliphatic carbocycles. The van der Waals surface area contributed by atoms with Gasteiger partial charge < -0.3 is 15.4 Å². The Morgan fingerprint density at radius 1 is 1.33 bits per heavy atom. The lowest BCUT2D eigenvalue weighted by Crippen LogP contribution is -2.43. The number of hydrogen-bond acceptors (Lipinski definition) is 3. The normalized spacial score (nSPS) is 45.1. The number of carbonyl (C=O) groups is 1. The fourth-order valence-electron chi connectivity index (χ4n) is 3.17. The van der Waals surface area contributed by atoms with Crippen molar-refractivity contribution < 1.29 is 9.53 Å². The molecule has 15 heavy (non-hydrogen) atoms. The first kappa shape index (κ1) is 9.46. The van der Waals surface area contributed by atoms with E-state index in [1.165, 1.54) is 0 Å². The molecule has 4 rings (SSSR count). The van der Waals surface area contributed by atoms with Crippen LogP contribution >= 0.6 is 0 Å². The van der Waals surface area contributed by atoms with E-state index in [2.05, 4.69) is 0 Å². The molecule has 2 saturated carbocycles. The molecule has 4 aliphatic rings. The Bertz CT molecular complexity index is 313. The standard InChI is InChI=1S/C11H18N2O2/c1-11(2,3)15-10(14)13-5(4-12)6-7-8(6)9(7)13/h5-9H,4,12H2,1-3H3/t5-,6?,7-,8?,9-/m0/s1. The molecule has 2 saturated heterocycles. The second kappa shape index (κ2) is 2.48. The van der Waals surface area contributed by atoms with Crippen LogP contribution in [0.1, 0.15) is 20.8 Å². The maximum Gasteiger partial charge on any atom is 0.410 e. The van der Waals surface area contributed by atoms with E-state index in [0.29, 0.717) is 18.5 Å². The van der Waals surface area contributed by atoms with Gasteiger partial charge in [0.2, 0.25) is 0 Å². The molecule has 2 aliphatic heterocycles. The van der Waals surface area contributed by atoms with Crippen LogP contribution in [0.5, 0.6) is 0 Å². The van der Waals surface area contributed by atoms with E-state index in [1.54, 1.807) is 0 Å². The summed E-state index contributed by atoms with van der Waals surface area (Å²) in [7, 11) is 0. The lowest BCUT2D eigenvalue weighted by atomic mass is 10.1. The molecule has 2 unspecified atom stereocenters. The lowest BCUT2D eigenvalue weighted by Gasteiger charge is -2.27. The van der Waals surface area contributed by atoms with E-state index >= 15 is 0 Å². The van der Waals surface area contributed by atoms with Crippen LogP contribution in [0.4, 0.5) is 4.79 Å². The number of ether oxygens (including phenoxy) is 1. The minimum atomic E-state index is -0.404. The molecule has 4 nitrogen and oxygen atoms in total. The number of amides is 1. The van der Waals surface area contributed by atoms with Crippen LogP contribution in [-0.4, -0.2) is 35.2 Å². The molecule has 0 aromatic heterocycles. The number of nitrogens with zero attached hydrogens (tertiary/aromatic N) is 1. The summed E-state index contributed by atoms with van der Waals surface area (Å²) in [5.74, 6) is 2.24. The highest BCUT2D eigenvalue weighted by atomic mass is 16.6. The molecule has 0 aromatic rings. The molecule has 1 amide bonds. The highest BCUT2D eigenvalue weighted by Gasteiger charge is 2.85. The van der Waals surface area contributed by atoms with E-state index in [-0.39, 0.29) is 12.1 Å². The number of nitrogens with two attached hydrogens (primary N) is 1. The SMILES string of the molecule is CC(C)(C)OC(=O)N1[C@@H]2C3C([C@@H]32)[C@@H]1CN. The molecule has 0 radical (unpaired) electrons. The molecule has 2 heterocycles. The van der Waals surface area contributed by atoms with Gasteiger partial charge in [-0.25, -0.2) is 4.79 Å². The summed E-state index contributed by atoms with van der Waals surface area (Å²) in [6.07, 6.45) is -0.171. The van der Waals surface area contributed by atoms with Crippen molar-refractivity contribution in [3.05, 3.63) is 0 Å². The molecule has 84 valence electrons. The van der Waals surface area contributed by atoms with Crippen LogP contribution in [0.3, 0.4) is 0 Å². The quantitative estimate of drug-likeness (QED) is 0.696. The van der Waals surface area contributed by atoms with Gasteiger partial charge in [0.1, 0.15) is 5.60 Å². The van der Waals surface area contributed by atoms with Gasteiger partial charge in [0.15, 0.2) is 0 Å². The Morgan fingerprint density at radius 3 is 2.40 bits per heavy atom. The van der Waals surface area contributed by atoms with Gasteiger partial charge in [-0.15, -0.1) is 0 Å². The van der Waals surface area contributed by atoms with E-state index in [1.807, 2.05) is 25.7 Å². The van der Waals surface area contributed by atoms with Gasteiger partial charge in [-0.05, 0) is 38.5 Å². The average molecular weight is 210 g/mol. The smallest absolute Gasteiger partial charge is 0.410 e. The molecule has 5 atom stereocenters. The van der Waals surface area contributed by atoms with E-state index < -0.39 is 5.60 Å². The minimum Gasteiger partial charge on any atom is -0.444 e. The molecule has 2 bridgehead atoms. The average Bonchev–Trinajstić information content (AvgIpc) is 2.90. The summed E-state index contributed by atoms with van der Waals surface area (Å²) in [4.78, 5) is 13.8. The third-order valence-corrected chi connectivity index (χ3v) is 3.81. The zero-order valence-electron chi connectivity index (χ0n) is 9.43. The zero-order valence-corrected chi connectivity index (χ0v) is 9.43. The number of carbonyl (C=O) groups excluding carboxylic acids is 1. The Morgan fingerprint density at radius 2 is 1.93 bits per heavy atom. The maximum absolute atomic E-state index is 11.9. The van der Waals surface area contributed by atoms with Crippen LogP contribution in [0, 0.1) is 17.8 Å². The number of fused-ring (bicyclic) bond motifs is 1. The van der Waals surface area contributed by atoms with Gasteiger partial charge in [-0.3, -0.25) is 0 Å². The van der Waals surface area contributed by atoms with E-state index in [0.717, 1.165) is 11.8 Å². The van der Waals surface area contributed by atoms with Crippen LogP contribution in [-0.2, 0) is 4.74 Å². The van der Waals surface area contributed by atoms with Crippen molar-refractivity contribution in [2.24, 2.45) is 23.5 Å². The number of rotatable bonds is 1. The van der Waals surface area contributed by atoms with Gasteiger partial charge >= 0.3 is 6.09 Å². The van der Waals surface area contributed by atoms with E-state index in [4.69, 9.17) is 10.5 Å². The van der Waals surface area contributed by atoms with Gasteiger partial charge in [0, 0.05) is 12.6 Å². The van der Waals surface area contributed by atoms with Crippen molar-refractivity contribution in [1.82, 2.24) is 4.90 Å². The first-order valence-corrected chi connectivity index (χ1v) is 5.67. The van der Waals surface area contributed by atoms with Crippen LogP contribution < -0.4 is 5.73 Å². The topological polar surface area (TPSA) is 55.6 Å². The first-order valence-electron chi connectivity index (χ1n) is 5.67. The number of piperidine rings is 1. The Hall–Kier alpha value is -0.770. The summed E-state index contributed by atoms with van der Waals surface area (Å²) in [5.41, 5.74) is 5.30. The predicted molar refractivity (Wildman–Crippen MR) is 55.2 cm³/mol. The largest absolute Gasteiger partial charge is 0.444 e. The van der Waals surface area contributed by atoms with Crippen molar-refractivity contribution in [3.8, 4) is 0 Å². The van der Waals surface area contributed by atoms with Gasteiger partial charge in [-0.1, -0.05) is 0 Å². The summed E-state index contributed by atoms with van der Waals surface area (Å²) in [6, 6.07) is 0.721. The van der Waals surface area contributed by atoms with Gasteiger partial charge in [0.05, 0.1) is 6.04 Å². The summed E-state index contributed by atoms with van der Waals surface area (Å²) in [5, 5.41) is 0. The zero-order chi connectivity index (χ0) is 11.0. The van der Waals surface area contributed by atoms with Crippen LogP contribution in [0.2, 0.25) is 0 Å². The third kappa shape index (κ3) is 1.14. The van der Waals surface area contributed by atoms with Crippen molar-refractivity contribution in [3.63, 3.8) is 0 Å². The molecule has 4 fully saturated rings. The second-order valence-electron chi connectivity index (χ2n) is 5.91. The summed E-state index contributed by atoms with van der Waals surface area (Å²) in [6.45, 7) is 6.27. The highest BCUT2D eigenvalue weighted by molar-refractivity contribution is 5.72. The van der Waals surface area contributed by atoms with Crippen LogP contribution in [0.25, 0.3) is 0 Å². The minimum absolute atomic E-state index is 0.171. The van der Waals surface area contributed by atoms with Crippen molar-refractivity contribution in [1.29, 1.82) is 0 Å². The lowest BCUT2D eigenvalue weighted by molar-refractivity contribution is 0.0219. The van der Waals surface area contributed by atoms with Crippen molar-refractivity contribution in [2.75, 3.05) is 6.54 Å². The molecular weight excluding hydrogens is 192 g/mol. The second-order valence-corrected chi connectivity index (χ2v) is 5.91. The highest BCUT2D eigenvalue weighted by Crippen LogP contribution is 2.77. The van der Waals surface area contributed by atoms with Gasteiger partial charge in [-0.2, -0.15) is 0 Å². The van der Waals surface area contributed by atoms with Crippen LogP contribution in [0.15, 0.2) is 0 Å². The van der Waals surface area contributed by atoms with E-state index in [9.17, 15) is 4.79 Å². The Kier molecular flexibility index (Phi) is 1.57. The maximum atomic E-state index is 11.9. The molecular formula is C11H18N2O2. The third-order valence-electron chi connectivity index (χ3n) is 3.81. The monoisotopic (exact) mass is 210 g/mol. The molecule has 0 aromatic carbocycles. The summed E-state index contributed by atoms with van der Waals surface area (Å²) < 4.78 is 5.40. The molecule has 4 heteroatoms. The molecule has 2 N–H and O–H groups in total.